The number of benzene rings is 5. The number of hydrogen-bond donors (Lipinski definition) is 0. The summed E-state index contributed by atoms with van der Waals surface area (Å²) in [5, 5.41) is 2.38. The minimum atomic E-state index is 0.585. The number of nitrogens with zero attached hydrogens (tertiary/aromatic N) is 6. The molecule has 9 aromatic rings. The van der Waals surface area contributed by atoms with Crippen LogP contribution in [0.15, 0.2) is 121 Å². The third kappa shape index (κ3) is 3.58. The zero-order valence-corrected chi connectivity index (χ0v) is 27.8. The molecule has 0 fully saturated rings. The van der Waals surface area contributed by atoms with Gasteiger partial charge in [-0.15, -0.1) is 0 Å². The van der Waals surface area contributed by atoms with Crippen molar-refractivity contribution in [2.45, 2.75) is 6.92 Å². The normalized spacial score (nSPS) is 12.0. The van der Waals surface area contributed by atoms with Gasteiger partial charge in [0.1, 0.15) is 0 Å². The Morgan fingerprint density at radius 3 is 1.95 bits per heavy atom. The van der Waals surface area contributed by atoms with E-state index in [2.05, 4.69) is 135 Å². The molecule has 6 nitrogen and oxygen atoms in total. The second kappa shape index (κ2) is 9.32. The van der Waals surface area contributed by atoms with Gasteiger partial charge in [-0.05, 0) is 0 Å². The van der Waals surface area contributed by atoms with Crippen molar-refractivity contribution in [3.63, 3.8) is 0 Å². The standard InChI is InChI=1S/C36H23N6.Bi.2H/c1-23-37-21-20-29(38-23)33-34-27(26-16-8-10-18-30(26)40(34)24-12-4-2-5-13-24)22-32-35(33)41(25-14-6-3-7-15-25)36-39-28-17-9-11-19-31(28)42(32)36;;;/h2-20,22H,1H3;;;. The zero-order chi connectivity index (χ0) is 28.7. The fourth-order valence-corrected chi connectivity index (χ4v) is 7.97. The Morgan fingerprint density at radius 1 is 0.558 bits per heavy atom. The summed E-state index contributed by atoms with van der Waals surface area (Å²) >= 11 is 0.585. The van der Waals surface area contributed by atoms with E-state index in [1.54, 1.807) is 0 Å². The molecule has 0 atom stereocenters. The van der Waals surface area contributed by atoms with Crippen molar-refractivity contribution in [3.8, 4) is 22.6 Å². The van der Waals surface area contributed by atoms with E-state index < -0.39 is 0 Å². The number of para-hydroxylation sites is 5. The first kappa shape index (κ1) is 24.7. The van der Waals surface area contributed by atoms with E-state index in [-0.39, 0.29) is 0 Å². The van der Waals surface area contributed by atoms with Crippen molar-refractivity contribution in [2.75, 3.05) is 0 Å². The first-order valence-corrected chi connectivity index (χ1v) is 16.5. The molecule has 4 aromatic heterocycles. The monoisotopic (exact) mass is 750 g/mol. The molecule has 0 amide bonds. The molecule has 0 aliphatic heterocycles. The average Bonchev–Trinajstić information content (AvgIpc) is 3.67. The molecule has 7 heteroatoms. The summed E-state index contributed by atoms with van der Waals surface area (Å²) in [5.41, 5.74) is 10.7. The number of rotatable bonds is 3. The number of imidazole rings is 2. The Hall–Kier alpha value is -4.87. The Balaban J connectivity index is 1.63. The van der Waals surface area contributed by atoms with Crippen molar-refractivity contribution in [2.24, 2.45) is 0 Å². The topological polar surface area (TPSA) is 52.9 Å². The van der Waals surface area contributed by atoms with E-state index >= 15 is 0 Å². The van der Waals surface area contributed by atoms with Crippen LogP contribution >= 0.6 is 0 Å². The quantitative estimate of drug-likeness (QED) is 0.193. The third-order valence-electron chi connectivity index (χ3n) is 8.26. The van der Waals surface area contributed by atoms with Gasteiger partial charge in [0, 0.05) is 0 Å². The minimum absolute atomic E-state index is 0.585. The molecule has 9 rings (SSSR count). The summed E-state index contributed by atoms with van der Waals surface area (Å²) in [6.45, 7) is 2.00. The number of hydrogen-bond acceptors (Lipinski definition) is 3. The molecule has 5 aromatic carbocycles. The van der Waals surface area contributed by atoms with Crippen LogP contribution in [0.25, 0.3) is 72.3 Å². The van der Waals surface area contributed by atoms with Crippen LogP contribution in [0.3, 0.4) is 0 Å². The molecule has 0 saturated carbocycles. The van der Waals surface area contributed by atoms with Gasteiger partial charge in [0.2, 0.25) is 0 Å². The van der Waals surface area contributed by atoms with Crippen LogP contribution in [0.5, 0.6) is 0 Å². The molecular formula is C36H25BiN6. The molecule has 0 radical (unpaired) electrons. The molecular weight excluding hydrogens is 725 g/mol. The third-order valence-corrected chi connectivity index (χ3v) is 9.41. The van der Waals surface area contributed by atoms with Gasteiger partial charge < -0.3 is 0 Å². The molecule has 0 N–H and O–H groups in total. The van der Waals surface area contributed by atoms with Gasteiger partial charge in [0.25, 0.3) is 0 Å². The van der Waals surface area contributed by atoms with Crippen molar-refractivity contribution < 1.29 is 0 Å². The van der Waals surface area contributed by atoms with Crippen LogP contribution in [0.2, 0.25) is 0 Å². The van der Waals surface area contributed by atoms with E-state index in [4.69, 9.17) is 15.0 Å². The fourth-order valence-electron chi connectivity index (χ4n) is 6.63. The van der Waals surface area contributed by atoms with Crippen LogP contribution < -0.4 is 3.40 Å². The summed E-state index contributed by atoms with van der Waals surface area (Å²) in [4.78, 5) is 15.1. The van der Waals surface area contributed by atoms with Crippen LogP contribution in [0, 0.1) is 6.92 Å². The molecule has 0 spiro atoms. The predicted molar refractivity (Wildman–Crippen MR) is 178 cm³/mol. The van der Waals surface area contributed by atoms with E-state index in [9.17, 15) is 0 Å². The molecule has 43 heavy (non-hydrogen) atoms. The van der Waals surface area contributed by atoms with Crippen molar-refractivity contribution in [1.82, 2.24) is 28.5 Å². The summed E-state index contributed by atoms with van der Waals surface area (Å²) in [7, 11) is 0. The van der Waals surface area contributed by atoms with Crippen molar-refractivity contribution >= 4 is 77.8 Å². The fraction of sp³-hybridized carbons (Fsp3) is 0.0278. The Bertz CT molecular complexity index is 2500. The van der Waals surface area contributed by atoms with E-state index in [0.717, 1.165) is 70.7 Å². The van der Waals surface area contributed by atoms with Gasteiger partial charge in [0.05, 0.1) is 0 Å². The summed E-state index contributed by atoms with van der Waals surface area (Å²) < 4.78 is 8.12. The molecule has 0 saturated heterocycles. The van der Waals surface area contributed by atoms with Gasteiger partial charge in [-0.3, -0.25) is 0 Å². The summed E-state index contributed by atoms with van der Waals surface area (Å²) in [5.74, 6) is 1.67. The van der Waals surface area contributed by atoms with Gasteiger partial charge in [0.15, 0.2) is 0 Å². The van der Waals surface area contributed by atoms with Crippen LogP contribution in [0.4, 0.5) is 0 Å². The second-order valence-electron chi connectivity index (χ2n) is 10.8. The maximum absolute atomic E-state index is 5.21. The van der Waals surface area contributed by atoms with Crippen LogP contribution in [0.1, 0.15) is 5.82 Å². The Morgan fingerprint density at radius 2 is 1.21 bits per heavy atom. The van der Waals surface area contributed by atoms with Crippen LogP contribution in [-0.2, 0) is 0 Å². The molecule has 204 valence electrons. The molecule has 4 heterocycles. The van der Waals surface area contributed by atoms with E-state index in [1.807, 2.05) is 6.92 Å². The number of fused-ring (bicyclic) bond motifs is 8. The van der Waals surface area contributed by atoms with Crippen molar-refractivity contribution in [1.29, 1.82) is 0 Å². The summed E-state index contributed by atoms with van der Waals surface area (Å²) in [6, 6.07) is 42.8. The van der Waals surface area contributed by atoms with E-state index in [0.29, 0.717) is 24.7 Å². The molecule has 0 aliphatic rings. The first-order valence-electron chi connectivity index (χ1n) is 14.3. The van der Waals surface area contributed by atoms with Gasteiger partial charge in [-0.2, -0.15) is 0 Å². The predicted octanol–water partition coefficient (Wildman–Crippen LogP) is 6.55. The van der Waals surface area contributed by atoms with Gasteiger partial charge >= 0.3 is 263 Å². The van der Waals surface area contributed by atoms with E-state index in [1.165, 1.54) is 10.8 Å². The number of aryl methyl sites for hydroxylation is 1. The van der Waals surface area contributed by atoms with Gasteiger partial charge in [-0.25, -0.2) is 0 Å². The molecule has 0 aliphatic carbocycles. The van der Waals surface area contributed by atoms with Crippen molar-refractivity contribution in [3.05, 3.63) is 127 Å². The zero-order valence-electron chi connectivity index (χ0n) is 23.3. The second-order valence-corrected chi connectivity index (χ2v) is 13.1. The summed E-state index contributed by atoms with van der Waals surface area (Å²) in [6.07, 6.45) is 0. The Labute approximate surface area is 261 Å². The average molecular weight is 751 g/mol. The van der Waals surface area contributed by atoms with Gasteiger partial charge in [-0.1, -0.05) is 0 Å². The molecule has 0 unspecified atom stereocenters. The van der Waals surface area contributed by atoms with Crippen LogP contribution in [-0.4, -0.2) is 53.2 Å². The first-order chi connectivity index (χ1) is 21.2. The SMILES string of the molecule is Cc1n[c]([BiH2])cc(-c2c3c(cc4c2n(-c2ccccc2)c2nc5ccccc5n42)c2ccccc2n3-c2ccccc2)n1. The number of aromatic nitrogens is 6. The molecule has 0 bridgehead atoms. The Kier molecular flexibility index (Phi) is 5.35. The maximum atomic E-state index is 5.21.